The van der Waals surface area contributed by atoms with E-state index in [9.17, 15) is 4.79 Å². The van der Waals surface area contributed by atoms with Crippen molar-refractivity contribution in [2.75, 3.05) is 30.9 Å². The Morgan fingerprint density at radius 2 is 1.88 bits per heavy atom. The SMILES string of the molecule is CN(C)c1ccc(C(=O)NCCCCBr)cc1. The number of rotatable bonds is 6. The molecule has 4 heteroatoms. The first-order valence-electron chi connectivity index (χ1n) is 5.76. The Kier molecular flexibility index (Phi) is 6.05. The fraction of sp³-hybridized carbons (Fsp3) is 0.462. The van der Waals surface area contributed by atoms with Crippen LogP contribution < -0.4 is 10.2 Å². The highest BCUT2D eigenvalue weighted by Crippen LogP contribution is 2.12. The van der Waals surface area contributed by atoms with E-state index in [1.807, 2.05) is 43.3 Å². The van der Waals surface area contributed by atoms with Crippen LogP contribution in [0.1, 0.15) is 23.2 Å². The fourth-order valence-electron chi connectivity index (χ4n) is 1.43. The third-order valence-corrected chi connectivity index (χ3v) is 3.05. The van der Waals surface area contributed by atoms with Crippen molar-refractivity contribution in [3.05, 3.63) is 29.8 Å². The molecule has 0 radical (unpaired) electrons. The van der Waals surface area contributed by atoms with E-state index in [0.29, 0.717) is 0 Å². The molecule has 3 nitrogen and oxygen atoms in total. The van der Waals surface area contributed by atoms with Gasteiger partial charge in [-0.05, 0) is 37.1 Å². The highest BCUT2D eigenvalue weighted by atomic mass is 79.9. The van der Waals surface area contributed by atoms with Crippen LogP contribution in [0.3, 0.4) is 0 Å². The Bertz CT molecular complexity index is 349. The van der Waals surface area contributed by atoms with E-state index in [0.717, 1.165) is 36.0 Å². The molecule has 0 saturated carbocycles. The second-order valence-electron chi connectivity index (χ2n) is 4.09. The van der Waals surface area contributed by atoms with Crippen molar-refractivity contribution in [2.24, 2.45) is 0 Å². The highest BCUT2D eigenvalue weighted by Gasteiger charge is 2.04. The lowest BCUT2D eigenvalue weighted by Crippen LogP contribution is -2.24. The zero-order chi connectivity index (χ0) is 12.7. The van der Waals surface area contributed by atoms with Crippen LogP contribution in [0, 0.1) is 0 Å². The van der Waals surface area contributed by atoms with Gasteiger partial charge in [0, 0.05) is 37.2 Å². The van der Waals surface area contributed by atoms with Crippen LogP contribution in [0.15, 0.2) is 24.3 Å². The average Bonchev–Trinajstić information content (AvgIpc) is 2.34. The summed E-state index contributed by atoms with van der Waals surface area (Å²) in [5, 5.41) is 3.90. The van der Waals surface area contributed by atoms with E-state index in [1.165, 1.54) is 0 Å². The van der Waals surface area contributed by atoms with Gasteiger partial charge in [0.2, 0.25) is 0 Å². The van der Waals surface area contributed by atoms with Gasteiger partial charge in [0.15, 0.2) is 0 Å². The lowest BCUT2D eigenvalue weighted by atomic mass is 10.2. The van der Waals surface area contributed by atoms with Crippen molar-refractivity contribution in [3.8, 4) is 0 Å². The number of nitrogens with zero attached hydrogens (tertiary/aromatic N) is 1. The zero-order valence-corrected chi connectivity index (χ0v) is 12.0. The molecule has 0 bridgehead atoms. The second-order valence-corrected chi connectivity index (χ2v) is 4.89. The predicted octanol–water partition coefficient (Wildman–Crippen LogP) is 2.66. The number of benzene rings is 1. The summed E-state index contributed by atoms with van der Waals surface area (Å²) in [6.45, 7) is 0.736. The molecule has 1 aromatic carbocycles. The van der Waals surface area contributed by atoms with Crippen LogP contribution in [-0.4, -0.2) is 31.9 Å². The van der Waals surface area contributed by atoms with Crippen molar-refractivity contribution in [2.45, 2.75) is 12.8 Å². The smallest absolute Gasteiger partial charge is 0.251 e. The first kappa shape index (κ1) is 14.0. The summed E-state index contributed by atoms with van der Waals surface area (Å²) in [6, 6.07) is 7.62. The zero-order valence-electron chi connectivity index (χ0n) is 10.4. The van der Waals surface area contributed by atoms with Gasteiger partial charge in [-0.2, -0.15) is 0 Å². The van der Waals surface area contributed by atoms with Crippen molar-refractivity contribution < 1.29 is 4.79 Å². The minimum absolute atomic E-state index is 0.00452. The molecule has 0 fully saturated rings. The van der Waals surface area contributed by atoms with Crippen LogP contribution in [0.4, 0.5) is 5.69 Å². The minimum Gasteiger partial charge on any atom is -0.378 e. The number of amides is 1. The number of carbonyl (C=O) groups is 1. The Hall–Kier alpha value is -1.03. The standard InChI is InChI=1S/C13H19BrN2O/c1-16(2)12-7-5-11(6-8-12)13(17)15-10-4-3-9-14/h5-8H,3-4,9-10H2,1-2H3,(H,15,17). The molecule has 1 rings (SSSR count). The molecule has 0 aromatic heterocycles. The maximum Gasteiger partial charge on any atom is 0.251 e. The number of anilines is 1. The molecule has 17 heavy (non-hydrogen) atoms. The number of nitrogens with one attached hydrogen (secondary N) is 1. The van der Waals surface area contributed by atoms with Gasteiger partial charge in [-0.3, -0.25) is 4.79 Å². The molecule has 1 aromatic rings. The Morgan fingerprint density at radius 3 is 2.41 bits per heavy atom. The summed E-state index contributed by atoms with van der Waals surface area (Å²) in [7, 11) is 3.96. The molecular formula is C13H19BrN2O. The molecule has 0 aliphatic carbocycles. The molecule has 0 unspecified atom stereocenters. The Balaban J connectivity index is 2.46. The Morgan fingerprint density at radius 1 is 1.24 bits per heavy atom. The largest absolute Gasteiger partial charge is 0.378 e. The molecule has 0 spiro atoms. The normalized spacial score (nSPS) is 10.1. The molecule has 94 valence electrons. The lowest BCUT2D eigenvalue weighted by Gasteiger charge is -2.12. The maximum atomic E-state index is 11.8. The summed E-state index contributed by atoms with van der Waals surface area (Å²) in [4.78, 5) is 13.8. The van der Waals surface area contributed by atoms with Gasteiger partial charge in [-0.15, -0.1) is 0 Å². The van der Waals surface area contributed by atoms with Gasteiger partial charge in [-0.25, -0.2) is 0 Å². The van der Waals surface area contributed by atoms with Crippen molar-refractivity contribution in [1.29, 1.82) is 0 Å². The van der Waals surface area contributed by atoms with E-state index in [2.05, 4.69) is 21.2 Å². The molecule has 1 amide bonds. The minimum atomic E-state index is 0.00452. The Labute approximate surface area is 111 Å². The summed E-state index contributed by atoms with van der Waals surface area (Å²) in [5.41, 5.74) is 1.82. The summed E-state index contributed by atoms with van der Waals surface area (Å²) in [5.74, 6) is 0.00452. The number of carbonyl (C=O) groups excluding carboxylic acids is 1. The van der Waals surface area contributed by atoms with E-state index in [-0.39, 0.29) is 5.91 Å². The van der Waals surface area contributed by atoms with Crippen LogP contribution in [0.5, 0.6) is 0 Å². The number of hydrogen-bond donors (Lipinski definition) is 1. The quantitative estimate of drug-likeness (QED) is 0.647. The van der Waals surface area contributed by atoms with Crippen molar-refractivity contribution in [3.63, 3.8) is 0 Å². The molecule has 1 N–H and O–H groups in total. The van der Waals surface area contributed by atoms with E-state index in [1.54, 1.807) is 0 Å². The molecule has 0 aliphatic rings. The second kappa shape index (κ2) is 7.33. The number of hydrogen-bond acceptors (Lipinski definition) is 2. The summed E-state index contributed by atoms with van der Waals surface area (Å²) < 4.78 is 0. The van der Waals surface area contributed by atoms with Crippen LogP contribution in [-0.2, 0) is 0 Å². The topological polar surface area (TPSA) is 32.3 Å². The fourth-order valence-corrected chi connectivity index (χ4v) is 1.83. The van der Waals surface area contributed by atoms with Crippen LogP contribution in [0.2, 0.25) is 0 Å². The van der Waals surface area contributed by atoms with Gasteiger partial charge < -0.3 is 10.2 Å². The average molecular weight is 299 g/mol. The third kappa shape index (κ3) is 4.77. The van der Waals surface area contributed by atoms with Gasteiger partial charge in [0.05, 0.1) is 0 Å². The van der Waals surface area contributed by atoms with Crippen molar-refractivity contribution >= 4 is 27.5 Å². The van der Waals surface area contributed by atoms with Gasteiger partial charge in [0.1, 0.15) is 0 Å². The first-order valence-corrected chi connectivity index (χ1v) is 6.89. The molecule has 0 saturated heterocycles. The maximum absolute atomic E-state index is 11.8. The molecule has 0 heterocycles. The molecule has 0 aliphatic heterocycles. The van der Waals surface area contributed by atoms with Gasteiger partial charge in [0.25, 0.3) is 5.91 Å². The number of alkyl halides is 1. The lowest BCUT2D eigenvalue weighted by molar-refractivity contribution is 0.0953. The first-order chi connectivity index (χ1) is 8.15. The molecule has 0 atom stereocenters. The number of halogens is 1. The van der Waals surface area contributed by atoms with Gasteiger partial charge in [-0.1, -0.05) is 15.9 Å². The predicted molar refractivity (Wildman–Crippen MR) is 76.1 cm³/mol. The molecular weight excluding hydrogens is 280 g/mol. The summed E-state index contributed by atoms with van der Waals surface area (Å²) >= 11 is 3.37. The van der Waals surface area contributed by atoms with E-state index < -0.39 is 0 Å². The highest BCUT2D eigenvalue weighted by molar-refractivity contribution is 9.09. The third-order valence-electron chi connectivity index (χ3n) is 2.49. The monoisotopic (exact) mass is 298 g/mol. The van der Waals surface area contributed by atoms with E-state index in [4.69, 9.17) is 0 Å². The van der Waals surface area contributed by atoms with Crippen LogP contribution in [0.25, 0.3) is 0 Å². The van der Waals surface area contributed by atoms with Crippen LogP contribution >= 0.6 is 15.9 Å². The summed E-state index contributed by atoms with van der Waals surface area (Å²) in [6.07, 6.45) is 2.09. The van der Waals surface area contributed by atoms with E-state index >= 15 is 0 Å². The number of unbranched alkanes of at least 4 members (excludes halogenated alkanes) is 1. The van der Waals surface area contributed by atoms with Crippen molar-refractivity contribution in [1.82, 2.24) is 5.32 Å². The van der Waals surface area contributed by atoms with Gasteiger partial charge >= 0.3 is 0 Å².